The second-order valence-electron chi connectivity index (χ2n) is 11.0. The Hall–Kier alpha value is -5.91. The number of fused-ring (bicyclic) bond motifs is 5. The van der Waals surface area contributed by atoms with Crippen LogP contribution in [0.5, 0.6) is 0 Å². The van der Waals surface area contributed by atoms with Crippen LogP contribution in [0.2, 0.25) is 0 Å². The highest BCUT2D eigenvalue weighted by molar-refractivity contribution is 6.83. The molecule has 0 amide bonds. The van der Waals surface area contributed by atoms with Crippen LogP contribution in [0.15, 0.2) is 82.1 Å². The fourth-order valence-electron chi connectivity index (χ4n) is 6.87. The molecule has 0 saturated heterocycles. The molecule has 0 bridgehead atoms. The van der Waals surface area contributed by atoms with Crippen LogP contribution < -0.4 is 31.8 Å². The normalized spacial score (nSPS) is 13.9. The molecule has 2 aliphatic rings. The largest absolute Gasteiger partial charge is 0.411 e. The van der Waals surface area contributed by atoms with Crippen LogP contribution in [0, 0.1) is 11.6 Å². The standard InChI is InChI=1S/C30H16B2F2N8O2/c33-25-21-22(27-29(41-43-39-27)23(25)31-35-15-9-1-5-13-6-2-10-16(36-31)19(13)15)26(34)24(30-28(21)40-44-42-30)32-37-17-11-3-7-14-8-4-12-18(38-32)20(14)17/h1-12,35-38H. The van der Waals surface area contributed by atoms with E-state index in [2.05, 4.69) is 41.5 Å². The molecule has 6 aromatic carbocycles. The molecule has 0 fully saturated rings. The maximum absolute atomic E-state index is 16.9. The van der Waals surface area contributed by atoms with Crippen LogP contribution in [-0.2, 0) is 0 Å². The van der Waals surface area contributed by atoms with Crippen molar-refractivity contribution in [1.29, 1.82) is 0 Å². The first-order valence-corrected chi connectivity index (χ1v) is 14.0. The van der Waals surface area contributed by atoms with Gasteiger partial charge in [0.15, 0.2) is 0 Å². The van der Waals surface area contributed by atoms with E-state index in [0.717, 1.165) is 44.3 Å². The summed E-state index contributed by atoms with van der Waals surface area (Å²) in [6.45, 7) is -1.57. The molecule has 14 heteroatoms. The fraction of sp³-hybridized carbons (Fsp3) is 0. The molecule has 0 saturated carbocycles. The number of hydrogen-bond acceptors (Lipinski definition) is 10. The number of nitrogens with zero attached hydrogens (tertiary/aromatic N) is 4. The minimum absolute atomic E-state index is 0.0547. The molecule has 0 aliphatic carbocycles. The number of rotatable bonds is 2. The second-order valence-corrected chi connectivity index (χ2v) is 11.0. The zero-order chi connectivity index (χ0) is 29.1. The van der Waals surface area contributed by atoms with E-state index in [4.69, 9.17) is 9.26 Å². The van der Waals surface area contributed by atoms with Crippen molar-refractivity contribution >= 4 is 102 Å². The topological polar surface area (TPSA) is 126 Å². The van der Waals surface area contributed by atoms with Gasteiger partial charge in [0.1, 0.15) is 33.7 Å². The molecule has 4 heterocycles. The predicted octanol–water partition coefficient (Wildman–Crippen LogP) is 4.96. The lowest BCUT2D eigenvalue weighted by atomic mass is 9.63. The summed E-state index contributed by atoms with van der Waals surface area (Å²) in [5.41, 5.74) is 3.71. The maximum Gasteiger partial charge on any atom is 0.411 e. The monoisotopic (exact) mass is 580 g/mol. The van der Waals surface area contributed by atoms with Crippen LogP contribution in [0.25, 0.3) is 54.4 Å². The lowest BCUT2D eigenvalue weighted by Crippen LogP contribution is -2.50. The van der Waals surface area contributed by atoms with Gasteiger partial charge in [0.25, 0.3) is 0 Å². The molecule has 4 N–H and O–H groups in total. The van der Waals surface area contributed by atoms with Crippen molar-refractivity contribution in [3.63, 3.8) is 0 Å². The summed E-state index contributed by atoms with van der Waals surface area (Å²) in [5, 5.41) is 33.5. The zero-order valence-corrected chi connectivity index (χ0v) is 22.4. The Morgan fingerprint density at radius 1 is 0.455 bits per heavy atom. The van der Waals surface area contributed by atoms with Crippen molar-refractivity contribution in [2.24, 2.45) is 0 Å². The number of anilines is 4. The Labute approximate surface area is 245 Å². The van der Waals surface area contributed by atoms with Gasteiger partial charge in [-0.05, 0) is 45.4 Å². The van der Waals surface area contributed by atoms with Crippen molar-refractivity contribution in [2.75, 3.05) is 20.9 Å². The predicted molar refractivity (Wildman–Crippen MR) is 168 cm³/mol. The number of halogens is 2. The Morgan fingerprint density at radius 2 is 0.795 bits per heavy atom. The number of aromatic nitrogens is 4. The minimum Gasteiger partial charge on any atom is -0.405 e. The van der Waals surface area contributed by atoms with Gasteiger partial charge in [-0.1, -0.05) is 58.8 Å². The van der Waals surface area contributed by atoms with E-state index in [1.165, 1.54) is 0 Å². The van der Waals surface area contributed by atoms with Gasteiger partial charge in [0.2, 0.25) is 0 Å². The highest BCUT2D eigenvalue weighted by Crippen LogP contribution is 2.38. The molecule has 0 radical (unpaired) electrons. The zero-order valence-electron chi connectivity index (χ0n) is 22.4. The Morgan fingerprint density at radius 3 is 1.16 bits per heavy atom. The molecular weight excluding hydrogens is 564 g/mol. The van der Waals surface area contributed by atoms with E-state index < -0.39 is 25.6 Å². The molecule has 8 aromatic rings. The van der Waals surface area contributed by atoms with Gasteiger partial charge in [-0.2, -0.15) is 0 Å². The average Bonchev–Trinajstić information content (AvgIpc) is 3.72. The number of hydrogen-bond donors (Lipinski definition) is 4. The average molecular weight is 580 g/mol. The van der Waals surface area contributed by atoms with Gasteiger partial charge in [-0.15, -0.1) is 0 Å². The minimum atomic E-state index is -0.786. The summed E-state index contributed by atoms with van der Waals surface area (Å²) in [4.78, 5) is 0. The van der Waals surface area contributed by atoms with E-state index in [1.54, 1.807) is 0 Å². The maximum atomic E-state index is 16.9. The second kappa shape index (κ2) is 8.34. The summed E-state index contributed by atoms with van der Waals surface area (Å²) >= 11 is 0. The van der Waals surface area contributed by atoms with Gasteiger partial charge < -0.3 is 20.9 Å². The van der Waals surface area contributed by atoms with E-state index in [1.807, 2.05) is 72.8 Å². The van der Waals surface area contributed by atoms with Crippen molar-refractivity contribution in [2.45, 2.75) is 0 Å². The van der Waals surface area contributed by atoms with Crippen LogP contribution >= 0.6 is 0 Å². The van der Waals surface area contributed by atoms with Gasteiger partial charge in [-0.3, -0.25) is 0 Å². The van der Waals surface area contributed by atoms with Crippen LogP contribution in [0.1, 0.15) is 0 Å². The van der Waals surface area contributed by atoms with Gasteiger partial charge in [0, 0.05) is 44.4 Å². The van der Waals surface area contributed by atoms with E-state index in [-0.39, 0.29) is 43.8 Å². The molecule has 0 unspecified atom stereocenters. The summed E-state index contributed by atoms with van der Waals surface area (Å²) in [7, 11) is 0. The number of benzene rings is 6. The smallest absolute Gasteiger partial charge is 0.405 e. The SMILES string of the molecule is Fc1c(B2Nc3cccc4cccc(c34)N2)c2nonc2c2c(F)c(B3Nc4cccc5cccc(c45)N3)c3nonc3c12. The molecule has 44 heavy (non-hydrogen) atoms. The van der Waals surface area contributed by atoms with Crippen molar-refractivity contribution in [1.82, 2.24) is 20.6 Å². The molecule has 208 valence electrons. The van der Waals surface area contributed by atoms with Gasteiger partial charge >= 0.3 is 14.0 Å². The highest BCUT2D eigenvalue weighted by Gasteiger charge is 2.39. The van der Waals surface area contributed by atoms with Crippen LogP contribution in [-0.4, -0.2) is 34.6 Å². The van der Waals surface area contributed by atoms with Crippen molar-refractivity contribution in [3.05, 3.63) is 84.4 Å². The van der Waals surface area contributed by atoms with Crippen molar-refractivity contribution in [3.8, 4) is 0 Å². The lowest BCUT2D eigenvalue weighted by molar-refractivity contribution is 0.316. The first kappa shape index (κ1) is 23.6. The Kier molecular flexibility index (Phi) is 4.48. The summed E-state index contributed by atoms with van der Waals surface area (Å²) in [6, 6.07) is 23.4. The molecule has 10 nitrogen and oxygen atoms in total. The van der Waals surface area contributed by atoms with E-state index in [0.29, 0.717) is 0 Å². The molecule has 10 rings (SSSR count). The third-order valence-electron chi connectivity index (χ3n) is 8.71. The van der Waals surface area contributed by atoms with Gasteiger partial charge in [-0.25, -0.2) is 18.0 Å². The summed E-state index contributed by atoms with van der Waals surface area (Å²) < 4.78 is 44.1. The highest BCUT2D eigenvalue weighted by atomic mass is 19.1. The quantitative estimate of drug-likeness (QED) is 0.209. The van der Waals surface area contributed by atoms with Crippen LogP contribution in [0.4, 0.5) is 31.5 Å². The Bertz CT molecular complexity index is 2280. The summed E-state index contributed by atoms with van der Waals surface area (Å²) in [5.74, 6) is -1.49. The molecule has 0 atom stereocenters. The van der Waals surface area contributed by atoms with E-state index >= 15 is 8.78 Å². The van der Waals surface area contributed by atoms with Crippen molar-refractivity contribution < 1.29 is 18.0 Å². The third kappa shape index (κ3) is 2.98. The third-order valence-corrected chi connectivity index (χ3v) is 8.71. The fourth-order valence-corrected chi connectivity index (χ4v) is 6.87. The van der Waals surface area contributed by atoms with Gasteiger partial charge in [0.05, 0.1) is 10.8 Å². The Balaban J connectivity index is 1.20. The molecule has 0 spiro atoms. The van der Waals surface area contributed by atoms with Crippen LogP contribution in [0.3, 0.4) is 0 Å². The molecular formula is C30H16B2F2N8O2. The lowest BCUT2D eigenvalue weighted by Gasteiger charge is -2.28. The molecule has 2 aromatic heterocycles. The first-order chi connectivity index (χ1) is 21.7. The number of nitrogens with one attached hydrogen (secondary N) is 4. The summed E-state index contributed by atoms with van der Waals surface area (Å²) in [6.07, 6.45) is 0. The first-order valence-electron chi connectivity index (χ1n) is 14.0. The van der Waals surface area contributed by atoms with E-state index in [9.17, 15) is 0 Å². The molecule has 2 aliphatic heterocycles.